The smallest absolute Gasteiger partial charge is 0.323 e. The molecule has 0 aliphatic carbocycles. The summed E-state index contributed by atoms with van der Waals surface area (Å²) in [4.78, 5) is 30.2. The molecule has 3 aromatic rings. The lowest BCUT2D eigenvalue weighted by Crippen LogP contribution is -2.38. The Hall–Kier alpha value is -2.68. The number of thioether (sulfide) groups is 1. The van der Waals surface area contributed by atoms with Crippen LogP contribution in [0, 0.1) is 5.92 Å². The molecule has 2 aromatic heterocycles. The molecule has 0 spiro atoms. The maximum absolute atomic E-state index is 12.4. The predicted molar refractivity (Wildman–Crippen MR) is 106 cm³/mol. The molecule has 1 fully saturated rings. The van der Waals surface area contributed by atoms with Gasteiger partial charge in [-0.15, -0.1) is 10.2 Å². The van der Waals surface area contributed by atoms with E-state index in [2.05, 4.69) is 22.1 Å². The van der Waals surface area contributed by atoms with Gasteiger partial charge in [0.15, 0.2) is 5.65 Å². The average molecular weight is 399 g/mol. The fraction of sp³-hybridized carbons (Fsp3) is 0.421. The molecule has 1 aromatic carbocycles. The first kappa shape index (κ1) is 18.7. The molecule has 4 rings (SSSR count). The summed E-state index contributed by atoms with van der Waals surface area (Å²) >= 11 is 1.24. The van der Waals surface area contributed by atoms with Gasteiger partial charge in [-0.1, -0.05) is 36.9 Å². The second-order valence-electron chi connectivity index (χ2n) is 7.12. The first-order valence-electron chi connectivity index (χ1n) is 9.27. The minimum absolute atomic E-state index is 0.0756. The van der Waals surface area contributed by atoms with Gasteiger partial charge < -0.3 is 14.6 Å². The number of carboxylic acid groups (broad SMARTS) is 1. The molecule has 0 unspecified atom stereocenters. The zero-order valence-electron chi connectivity index (χ0n) is 15.5. The summed E-state index contributed by atoms with van der Waals surface area (Å²) in [5.74, 6) is 0.0419. The first-order chi connectivity index (χ1) is 13.5. The number of nitrogens with zero attached hydrogens (tertiary/aromatic N) is 5. The van der Waals surface area contributed by atoms with E-state index in [1.165, 1.54) is 11.8 Å². The number of fused-ring (bicyclic) bond motifs is 3. The number of benzene rings is 1. The number of rotatable bonds is 5. The third kappa shape index (κ3) is 3.66. The number of amides is 1. The molecular formula is C19H21N5O3S. The van der Waals surface area contributed by atoms with E-state index < -0.39 is 5.97 Å². The van der Waals surface area contributed by atoms with Gasteiger partial charge in [0.25, 0.3) is 0 Å². The van der Waals surface area contributed by atoms with Crippen molar-refractivity contribution >= 4 is 45.7 Å². The van der Waals surface area contributed by atoms with Gasteiger partial charge in [0.05, 0.1) is 11.3 Å². The van der Waals surface area contributed by atoms with E-state index >= 15 is 0 Å². The van der Waals surface area contributed by atoms with Gasteiger partial charge in [-0.05, 0) is 24.8 Å². The van der Waals surface area contributed by atoms with Crippen molar-refractivity contribution in [2.24, 2.45) is 5.92 Å². The number of carbonyl (C=O) groups excluding carboxylic acids is 1. The van der Waals surface area contributed by atoms with Crippen molar-refractivity contribution in [2.75, 3.05) is 18.8 Å². The number of aromatic nitrogens is 4. The van der Waals surface area contributed by atoms with Crippen molar-refractivity contribution < 1.29 is 14.7 Å². The molecule has 146 valence electrons. The summed E-state index contributed by atoms with van der Waals surface area (Å²) in [6.45, 7) is 3.59. The fourth-order valence-electron chi connectivity index (χ4n) is 3.52. The Morgan fingerprint density at radius 1 is 1.21 bits per heavy atom. The van der Waals surface area contributed by atoms with Crippen molar-refractivity contribution in [2.45, 2.75) is 31.5 Å². The molecule has 28 heavy (non-hydrogen) atoms. The Balaban J connectivity index is 1.58. The maximum atomic E-state index is 12.4. The molecule has 8 nitrogen and oxygen atoms in total. The molecule has 1 N–H and O–H groups in total. The summed E-state index contributed by atoms with van der Waals surface area (Å²) in [6.07, 6.45) is 2.07. The Morgan fingerprint density at radius 2 is 1.96 bits per heavy atom. The van der Waals surface area contributed by atoms with Crippen molar-refractivity contribution in [1.82, 2.24) is 24.6 Å². The summed E-state index contributed by atoms with van der Waals surface area (Å²) < 4.78 is 1.62. The Bertz CT molecular complexity index is 1040. The number of hydrogen-bond acceptors (Lipinski definition) is 6. The summed E-state index contributed by atoms with van der Waals surface area (Å²) in [5.41, 5.74) is 1.79. The summed E-state index contributed by atoms with van der Waals surface area (Å²) in [7, 11) is 0. The fourth-order valence-corrected chi connectivity index (χ4v) is 4.21. The molecule has 0 radical (unpaired) electrons. The summed E-state index contributed by atoms with van der Waals surface area (Å²) in [5, 5.41) is 18.9. The summed E-state index contributed by atoms with van der Waals surface area (Å²) in [6, 6.07) is 7.44. The molecule has 0 saturated carbocycles. The third-order valence-corrected chi connectivity index (χ3v) is 5.93. The number of piperidine rings is 1. The van der Waals surface area contributed by atoms with Crippen LogP contribution in [0.15, 0.2) is 29.4 Å². The van der Waals surface area contributed by atoms with Gasteiger partial charge in [0.1, 0.15) is 12.1 Å². The van der Waals surface area contributed by atoms with Crippen molar-refractivity contribution in [3.63, 3.8) is 0 Å². The van der Waals surface area contributed by atoms with Crippen LogP contribution in [0.5, 0.6) is 0 Å². The number of carbonyl (C=O) groups is 2. The second-order valence-corrected chi connectivity index (χ2v) is 8.06. The number of likely N-dealkylation sites (tertiary alicyclic amines) is 1. The van der Waals surface area contributed by atoms with Crippen LogP contribution < -0.4 is 0 Å². The zero-order valence-corrected chi connectivity index (χ0v) is 16.4. The van der Waals surface area contributed by atoms with E-state index in [1.807, 2.05) is 29.2 Å². The average Bonchev–Trinajstić information content (AvgIpc) is 2.99. The van der Waals surface area contributed by atoms with Gasteiger partial charge in [-0.25, -0.2) is 4.98 Å². The zero-order chi connectivity index (χ0) is 19.7. The topological polar surface area (TPSA) is 101 Å². The molecule has 1 aliphatic rings. The first-order valence-corrected chi connectivity index (χ1v) is 10.3. The van der Waals surface area contributed by atoms with Crippen LogP contribution in [0.3, 0.4) is 0 Å². The monoisotopic (exact) mass is 399 g/mol. The highest BCUT2D eigenvalue weighted by Gasteiger charge is 2.21. The minimum Gasteiger partial charge on any atom is -0.480 e. The second kappa shape index (κ2) is 7.75. The normalized spacial score (nSPS) is 15.4. The Kier molecular flexibility index (Phi) is 5.17. The van der Waals surface area contributed by atoms with Crippen LogP contribution in [0.1, 0.15) is 19.8 Å². The number of aliphatic carboxylic acids is 1. The van der Waals surface area contributed by atoms with Gasteiger partial charge >= 0.3 is 5.97 Å². The van der Waals surface area contributed by atoms with Gasteiger partial charge in [0.2, 0.25) is 11.1 Å². The van der Waals surface area contributed by atoms with E-state index in [-0.39, 0.29) is 18.2 Å². The lowest BCUT2D eigenvalue weighted by Gasteiger charge is -2.30. The van der Waals surface area contributed by atoms with Crippen LogP contribution in [0.4, 0.5) is 0 Å². The van der Waals surface area contributed by atoms with Crippen molar-refractivity contribution in [3.05, 3.63) is 24.3 Å². The molecule has 3 heterocycles. The quantitative estimate of drug-likeness (QED) is 0.658. The third-order valence-electron chi connectivity index (χ3n) is 5.11. The molecule has 1 aliphatic heterocycles. The van der Waals surface area contributed by atoms with E-state index in [0.29, 0.717) is 22.2 Å². The highest BCUT2D eigenvalue weighted by atomic mass is 32.2. The minimum atomic E-state index is -0.954. The lowest BCUT2D eigenvalue weighted by molar-refractivity contribution is -0.137. The Morgan fingerprint density at radius 3 is 2.71 bits per heavy atom. The van der Waals surface area contributed by atoms with Crippen LogP contribution >= 0.6 is 11.8 Å². The lowest BCUT2D eigenvalue weighted by atomic mass is 9.99. The van der Waals surface area contributed by atoms with Crippen molar-refractivity contribution in [3.8, 4) is 0 Å². The number of hydrogen-bond donors (Lipinski definition) is 1. The Labute approximate surface area is 165 Å². The van der Waals surface area contributed by atoms with E-state index in [9.17, 15) is 14.7 Å². The van der Waals surface area contributed by atoms with Gasteiger partial charge in [-0.3, -0.25) is 9.59 Å². The van der Waals surface area contributed by atoms with E-state index in [4.69, 9.17) is 0 Å². The molecular weight excluding hydrogens is 378 g/mol. The largest absolute Gasteiger partial charge is 0.480 e. The van der Waals surface area contributed by atoms with E-state index in [1.54, 1.807) is 4.57 Å². The van der Waals surface area contributed by atoms with Crippen molar-refractivity contribution in [1.29, 1.82) is 0 Å². The predicted octanol–water partition coefficient (Wildman–Crippen LogP) is 2.41. The highest BCUT2D eigenvalue weighted by molar-refractivity contribution is 7.99. The van der Waals surface area contributed by atoms with Crippen LogP contribution in [-0.4, -0.2) is 60.5 Å². The molecule has 0 bridgehead atoms. The van der Waals surface area contributed by atoms with Crippen LogP contribution in [0.2, 0.25) is 0 Å². The van der Waals surface area contributed by atoms with Crippen LogP contribution in [-0.2, 0) is 16.1 Å². The standard InChI is InChI=1S/C19H21N5O3S/c1-12-6-8-23(9-7-12)15(25)11-28-19-20-18-17(21-22-19)13-4-2-3-5-14(13)24(18)10-16(26)27/h2-5,12H,6-11H2,1H3,(H,26,27). The highest BCUT2D eigenvalue weighted by Crippen LogP contribution is 2.27. The van der Waals surface area contributed by atoms with Gasteiger partial charge in [-0.2, -0.15) is 0 Å². The molecule has 1 saturated heterocycles. The maximum Gasteiger partial charge on any atom is 0.323 e. The number of para-hydroxylation sites is 1. The molecule has 9 heteroatoms. The van der Waals surface area contributed by atoms with Gasteiger partial charge in [0, 0.05) is 18.5 Å². The SMILES string of the molecule is CC1CCN(C(=O)CSc2nnc3c4ccccc4n(CC(=O)O)c3n2)CC1. The van der Waals surface area contributed by atoms with E-state index in [0.717, 1.165) is 36.8 Å². The molecule has 1 amide bonds. The molecule has 0 atom stereocenters. The van der Waals surface area contributed by atoms with Crippen LogP contribution in [0.25, 0.3) is 22.1 Å². The number of carboxylic acids is 1.